The number of carboxylic acid groups (broad SMARTS) is 1. The summed E-state index contributed by atoms with van der Waals surface area (Å²) in [6, 6.07) is 23.5. The number of aromatic nitrogens is 15. The lowest BCUT2D eigenvalue weighted by molar-refractivity contribution is -0.144. The standard InChI is InChI=1S/C16H15N5O3.C14H11N5O3.C10H5N5O.C6H11BrO2/c1-2-23-12(22)8-5-9-21-11-7-4-3-6-10(11)13-16(21)18-15-14(17-13)19-24-20-15;20-10(21)6-3-7-19-9-5-2-1-4-8(9)11-14(19)16-13-12(15-11)17-22-18-13;1-2-4-6-5(3-1)7-8(11-6)13-10-9(12-7)14-16-15-10;1-2-9-6(8)4-3-5-7/h3-4,6-7H,2,5,8-9H2,1H3;1-2,4-5H,3,6-7H2,(H,20,21);1-4H,(H,12,14);2-5H2,1H3. The van der Waals surface area contributed by atoms with Crippen LogP contribution in [0.4, 0.5) is 0 Å². The molecule has 362 valence electrons. The number of halogens is 1. The number of aliphatic carboxylic acids is 1. The molecule has 24 nitrogen and oxygen atoms in total. The Bertz CT molecular complexity index is 3820. The van der Waals surface area contributed by atoms with E-state index in [1.54, 1.807) is 6.92 Å². The molecule has 0 aliphatic rings. The number of alkyl halides is 1. The summed E-state index contributed by atoms with van der Waals surface area (Å²) in [6.07, 6.45) is 3.03. The summed E-state index contributed by atoms with van der Waals surface area (Å²) < 4.78 is 27.7. The molecule has 0 amide bonds. The normalized spacial score (nSPS) is 11.3. The molecule has 25 heteroatoms. The predicted molar refractivity (Wildman–Crippen MR) is 260 cm³/mol. The van der Waals surface area contributed by atoms with Gasteiger partial charge < -0.3 is 23.7 Å². The maximum absolute atomic E-state index is 11.5. The Hall–Kier alpha value is -8.61. The third-order valence-corrected chi connectivity index (χ3v) is 11.3. The Balaban J connectivity index is 0.000000123. The second-order valence-corrected chi connectivity index (χ2v) is 16.2. The molecule has 0 spiro atoms. The fourth-order valence-electron chi connectivity index (χ4n) is 7.75. The average Bonchev–Trinajstić information content (AvgIpc) is 4.26. The summed E-state index contributed by atoms with van der Waals surface area (Å²) in [5.41, 5.74) is 9.51. The van der Waals surface area contributed by atoms with Gasteiger partial charge in [0.25, 0.3) is 0 Å². The van der Waals surface area contributed by atoms with Crippen molar-refractivity contribution >= 4 is 134 Å². The zero-order valence-corrected chi connectivity index (χ0v) is 39.6. The van der Waals surface area contributed by atoms with Crippen molar-refractivity contribution < 1.29 is 42.9 Å². The van der Waals surface area contributed by atoms with Crippen LogP contribution >= 0.6 is 15.9 Å². The molecule has 3 aromatic carbocycles. The lowest BCUT2D eigenvalue weighted by Gasteiger charge is -2.06. The molecule has 0 radical (unpaired) electrons. The molecule has 0 atom stereocenters. The van der Waals surface area contributed by atoms with Crippen LogP contribution in [0.1, 0.15) is 52.4 Å². The van der Waals surface area contributed by atoms with E-state index in [-0.39, 0.29) is 18.4 Å². The van der Waals surface area contributed by atoms with E-state index in [4.69, 9.17) is 14.5 Å². The summed E-state index contributed by atoms with van der Waals surface area (Å²) in [5, 5.41) is 33.8. The van der Waals surface area contributed by atoms with Crippen molar-refractivity contribution in [3.05, 3.63) is 72.8 Å². The Kier molecular flexibility index (Phi) is 14.6. The van der Waals surface area contributed by atoms with Crippen molar-refractivity contribution in [2.75, 3.05) is 18.5 Å². The highest BCUT2D eigenvalue weighted by Gasteiger charge is 2.19. The molecule has 71 heavy (non-hydrogen) atoms. The molecule has 0 bridgehead atoms. The van der Waals surface area contributed by atoms with E-state index in [1.807, 2.05) is 88.9 Å². The van der Waals surface area contributed by atoms with E-state index in [2.05, 4.69) is 95.8 Å². The first-order chi connectivity index (χ1) is 34.7. The van der Waals surface area contributed by atoms with Gasteiger partial charge in [0, 0.05) is 53.8 Å². The van der Waals surface area contributed by atoms with Crippen LogP contribution in [-0.2, 0) is 36.9 Å². The minimum atomic E-state index is -0.810. The number of benzene rings is 3. The minimum Gasteiger partial charge on any atom is -0.481 e. The first-order valence-electron chi connectivity index (χ1n) is 22.4. The van der Waals surface area contributed by atoms with Crippen LogP contribution in [0.2, 0.25) is 0 Å². The Morgan fingerprint density at radius 3 is 1.62 bits per heavy atom. The van der Waals surface area contributed by atoms with E-state index in [1.165, 1.54) is 0 Å². The number of nitrogens with one attached hydrogen (secondary N) is 1. The summed E-state index contributed by atoms with van der Waals surface area (Å²) >= 11 is 3.22. The number of fused-ring (bicyclic) bond motifs is 12. The van der Waals surface area contributed by atoms with Gasteiger partial charge in [-0.1, -0.05) is 70.5 Å². The van der Waals surface area contributed by atoms with Crippen LogP contribution in [0.15, 0.2) is 86.7 Å². The first kappa shape index (κ1) is 47.5. The van der Waals surface area contributed by atoms with Gasteiger partial charge >= 0.3 is 17.9 Å². The first-order valence-corrected chi connectivity index (χ1v) is 23.6. The number of nitrogens with zero attached hydrogens (tertiary/aromatic N) is 14. The van der Waals surface area contributed by atoms with E-state index < -0.39 is 5.97 Å². The topological polar surface area (TPSA) is 310 Å². The van der Waals surface area contributed by atoms with Crippen LogP contribution in [0.25, 0.3) is 100 Å². The van der Waals surface area contributed by atoms with Gasteiger partial charge in [-0.25, -0.2) is 44.1 Å². The Morgan fingerprint density at radius 2 is 1.07 bits per heavy atom. The number of carbonyl (C=O) groups excluding carboxylic acids is 2. The number of H-pyrrole nitrogens is 1. The van der Waals surface area contributed by atoms with E-state index in [9.17, 15) is 14.4 Å². The molecule has 0 aliphatic carbocycles. The van der Waals surface area contributed by atoms with Gasteiger partial charge in [-0.3, -0.25) is 19.0 Å². The van der Waals surface area contributed by atoms with Gasteiger partial charge in [-0.15, -0.1) is 0 Å². The number of hydrogen-bond acceptors (Lipinski definition) is 20. The molecule has 0 unspecified atom stereocenters. The highest BCUT2D eigenvalue weighted by Crippen LogP contribution is 2.30. The van der Waals surface area contributed by atoms with Gasteiger partial charge in [-0.05, 0) is 77.1 Å². The monoisotopic (exact) mass is 1030 g/mol. The van der Waals surface area contributed by atoms with Crippen molar-refractivity contribution in [1.82, 2.24) is 75.0 Å². The molecule has 12 aromatic rings. The van der Waals surface area contributed by atoms with E-state index in [0.717, 1.165) is 55.5 Å². The van der Waals surface area contributed by atoms with Gasteiger partial charge in [0.05, 0.1) is 29.8 Å². The van der Waals surface area contributed by atoms with Crippen molar-refractivity contribution in [3.63, 3.8) is 0 Å². The highest BCUT2D eigenvalue weighted by molar-refractivity contribution is 9.09. The van der Waals surface area contributed by atoms with Crippen molar-refractivity contribution in [2.45, 2.75) is 65.5 Å². The number of para-hydroxylation sites is 3. The molecule has 9 heterocycles. The summed E-state index contributed by atoms with van der Waals surface area (Å²) in [7, 11) is 0. The van der Waals surface area contributed by atoms with Crippen LogP contribution in [-0.4, -0.2) is 117 Å². The number of carboxylic acids is 1. The summed E-state index contributed by atoms with van der Waals surface area (Å²) in [5.74, 6) is -1.10. The molecular weight excluding hydrogens is 987 g/mol. The number of ether oxygens (including phenoxy) is 2. The van der Waals surface area contributed by atoms with Gasteiger partial charge in [0.15, 0.2) is 16.9 Å². The zero-order valence-electron chi connectivity index (χ0n) is 38.1. The van der Waals surface area contributed by atoms with Gasteiger partial charge in [0.2, 0.25) is 33.9 Å². The smallest absolute Gasteiger partial charge is 0.305 e. The van der Waals surface area contributed by atoms with Gasteiger partial charge in [0.1, 0.15) is 16.6 Å². The molecule has 2 N–H and O–H groups in total. The zero-order chi connectivity index (χ0) is 49.3. The lowest BCUT2D eigenvalue weighted by Crippen LogP contribution is -2.06. The quantitative estimate of drug-likeness (QED) is 0.0821. The predicted octanol–water partition coefficient (Wildman–Crippen LogP) is 7.82. The molecule has 0 fully saturated rings. The summed E-state index contributed by atoms with van der Waals surface area (Å²) in [6.45, 7) is 5.68. The number of hydrogen-bond donors (Lipinski definition) is 2. The van der Waals surface area contributed by atoms with Crippen molar-refractivity contribution in [1.29, 1.82) is 0 Å². The average molecular weight is 1030 g/mol. The Labute approximate surface area is 407 Å². The van der Waals surface area contributed by atoms with Crippen LogP contribution < -0.4 is 0 Å². The SMILES string of the molecule is CCOC(=O)CCCBr.CCOC(=O)CCCn1c2ccccc2c2nc3nonc3nc21.O=C(O)CCCn1c2ccccc2c2nc3nonc3nc21.c1ccc2c(c1)nc1nc3no[nH]c3nc12. The largest absolute Gasteiger partial charge is 0.481 e. The number of carbonyl (C=O) groups is 3. The third kappa shape index (κ3) is 10.4. The van der Waals surface area contributed by atoms with Crippen LogP contribution in [0.3, 0.4) is 0 Å². The minimum absolute atomic E-state index is 0.100. The fraction of sp³-hybridized carbons (Fsp3) is 0.283. The third-order valence-electron chi connectivity index (χ3n) is 10.8. The van der Waals surface area contributed by atoms with E-state index >= 15 is 0 Å². The second kappa shape index (κ2) is 21.8. The van der Waals surface area contributed by atoms with Crippen LogP contribution in [0, 0.1) is 0 Å². The maximum atomic E-state index is 11.5. The number of esters is 2. The van der Waals surface area contributed by atoms with Crippen molar-refractivity contribution in [3.8, 4) is 0 Å². The van der Waals surface area contributed by atoms with Gasteiger partial charge in [-0.2, -0.15) is 5.16 Å². The molecule has 12 rings (SSSR count). The van der Waals surface area contributed by atoms with Crippen LogP contribution in [0.5, 0.6) is 0 Å². The molecule has 0 saturated carbocycles. The molecule has 9 aromatic heterocycles. The molecule has 0 aliphatic heterocycles. The number of rotatable bonds is 13. The maximum Gasteiger partial charge on any atom is 0.305 e. The molecular formula is C46H42BrN15O9. The van der Waals surface area contributed by atoms with Crippen molar-refractivity contribution in [2.24, 2.45) is 0 Å². The number of aromatic amines is 1. The number of aryl methyl sites for hydroxylation is 2. The molecule has 0 saturated heterocycles. The fourth-order valence-corrected chi connectivity index (χ4v) is 8.03. The highest BCUT2D eigenvalue weighted by atomic mass is 79.9. The lowest BCUT2D eigenvalue weighted by atomic mass is 10.2. The van der Waals surface area contributed by atoms with E-state index in [0.29, 0.717) is 108 Å². The Morgan fingerprint density at radius 1 is 0.563 bits per heavy atom. The second-order valence-electron chi connectivity index (χ2n) is 15.4. The summed E-state index contributed by atoms with van der Waals surface area (Å²) in [4.78, 5) is 63.8.